The third-order valence-electron chi connectivity index (χ3n) is 3.31. The van der Waals surface area contributed by atoms with E-state index in [4.69, 9.17) is 9.15 Å². The van der Waals surface area contributed by atoms with Crippen LogP contribution in [0.4, 0.5) is 0 Å². The van der Waals surface area contributed by atoms with E-state index >= 15 is 0 Å². The summed E-state index contributed by atoms with van der Waals surface area (Å²) in [5.41, 5.74) is 0.952. The second-order valence-corrected chi connectivity index (χ2v) is 5.88. The van der Waals surface area contributed by atoms with Crippen LogP contribution in [-0.4, -0.2) is 49.8 Å². The molecule has 0 amide bonds. The number of aliphatic hydroxyl groups excluding tert-OH is 3. The van der Waals surface area contributed by atoms with Gasteiger partial charge in [-0.05, 0) is 12.1 Å². The molecule has 1 aliphatic heterocycles. The Labute approximate surface area is 125 Å². The highest BCUT2D eigenvalue weighted by atomic mass is 32.2. The lowest BCUT2D eigenvalue weighted by molar-refractivity contribution is -0.0785. The number of rotatable bonds is 3. The minimum Gasteiger partial charge on any atom is -0.475 e. The molecule has 0 aromatic carbocycles. The van der Waals surface area contributed by atoms with Crippen LogP contribution in [0.2, 0.25) is 0 Å². The molecule has 2 aromatic heterocycles. The van der Waals surface area contributed by atoms with Crippen molar-refractivity contribution in [1.29, 1.82) is 0 Å². The molecule has 1 fully saturated rings. The molecule has 4 atom stereocenters. The van der Waals surface area contributed by atoms with Gasteiger partial charge in [-0.15, -0.1) is 11.8 Å². The van der Waals surface area contributed by atoms with Gasteiger partial charge in [0.15, 0.2) is 5.44 Å². The van der Waals surface area contributed by atoms with Crippen LogP contribution >= 0.6 is 11.8 Å². The fourth-order valence-corrected chi connectivity index (χ4v) is 3.25. The summed E-state index contributed by atoms with van der Waals surface area (Å²) in [6, 6.07) is 3.58. The summed E-state index contributed by atoms with van der Waals surface area (Å²) in [5.74, 6) is 0.781. The van der Waals surface area contributed by atoms with Crippen molar-refractivity contribution in [2.75, 3.05) is 5.75 Å². The van der Waals surface area contributed by atoms with Gasteiger partial charge >= 0.3 is 0 Å². The lowest BCUT2D eigenvalue weighted by Gasteiger charge is -2.34. The molecule has 0 aliphatic carbocycles. The Morgan fingerprint density at radius 2 is 2.10 bits per heavy atom. The van der Waals surface area contributed by atoms with E-state index in [-0.39, 0.29) is 0 Å². The Balaban J connectivity index is 1.83. The zero-order chi connectivity index (χ0) is 14.8. The fourth-order valence-electron chi connectivity index (χ4n) is 2.14. The van der Waals surface area contributed by atoms with Crippen molar-refractivity contribution >= 4 is 11.8 Å². The predicted octanol–water partition coefficient (Wildman–Crippen LogP) is 0.876. The Morgan fingerprint density at radius 1 is 1.24 bits per heavy atom. The van der Waals surface area contributed by atoms with Crippen molar-refractivity contribution < 1.29 is 24.5 Å². The lowest BCUT2D eigenvalue weighted by atomic mass is 10.1. The number of pyridine rings is 1. The van der Waals surface area contributed by atoms with E-state index in [9.17, 15) is 15.3 Å². The van der Waals surface area contributed by atoms with E-state index in [2.05, 4.69) is 4.98 Å². The highest BCUT2D eigenvalue weighted by Gasteiger charge is 2.38. The van der Waals surface area contributed by atoms with Crippen molar-refractivity contribution in [3.8, 4) is 16.9 Å². The third-order valence-corrected chi connectivity index (χ3v) is 4.55. The number of aliphatic hydroxyl groups is 3. The molecule has 1 saturated heterocycles. The zero-order valence-corrected chi connectivity index (χ0v) is 11.8. The minimum absolute atomic E-state index is 0.296. The van der Waals surface area contributed by atoms with E-state index < -0.39 is 23.7 Å². The number of ether oxygens (including phenoxy) is 1. The number of nitrogens with zero attached hydrogens (tertiary/aromatic N) is 1. The molecule has 3 N–H and O–H groups in total. The molecular weight excluding hydrogens is 294 g/mol. The molecule has 0 spiro atoms. The van der Waals surface area contributed by atoms with Gasteiger partial charge in [-0.1, -0.05) is 0 Å². The first-order chi connectivity index (χ1) is 10.2. The number of thioether (sulfide) groups is 1. The second kappa shape index (κ2) is 6.07. The van der Waals surface area contributed by atoms with E-state index in [0.29, 0.717) is 11.5 Å². The first kappa shape index (κ1) is 14.4. The molecule has 0 radical (unpaired) electrons. The van der Waals surface area contributed by atoms with Crippen LogP contribution in [0.25, 0.3) is 11.1 Å². The SMILES string of the molecule is O[C@@H]1[C@@H](O)[C@H](Oc2cnccc2-c2ccoc2)SC[C@H]1O. The Kier molecular flexibility index (Phi) is 4.16. The average Bonchev–Trinajstić information content (AvgIpc) is 3.02. The summed E-state index contributed by atoms with van der Waals surface area (Å²) in [5, 5.41) is 29.2. The first-order valence-corrected chi connectivity index (χ1v) is 7.50. The fraction of sp³-hybridized carbons (Fsp3) is 0.357. The van der Waals surface area contributed by atoms with Crippen molar-refractivity contribution in [1.82, 2.24) is 4.98 Å². The molecule has 21 heavy (non-hydrogen) atoms. The van der Waals surface area contributed by atoms with Crippen LogP contribution < -0.4 is 4.74 Å². The summed E-state index contributed by atoms with van der Waals surface area (Å²) in [6.07, 6.45) is 2.99. The molecular formula is C14H15NO5S. The van der Waals surface area contributed by atoms with Crippen molar-refractivity contribution in [3.05, 3.63) is 37.1 Å². The third kappa shape index (κ3) is 2.91. The van der Waals surface area contributed by atoms with Gasteiger partial charge in [0.1, 0.15) is 18.0 Å². The second-order valence-electron chi connectivity index (χ2n) is 4.75. The summed E-state index contributed by atoms with van der Waals surface area (Å²) >= 11 is 1.25. The summed E-state index contributed by atoms with van der Waals surface area (Å²) in [7, 11) is 0. The molecule has 6 nitrogen and oxygen atoms in total. The molecule has 0 bridgehead atoms. The van der Waals surface area contributed by atoms with Gasteiger partial charge in [0.05, 0.1) is 24.8 Å². The molecule has 112 valence electrons. The molecule has 0 unspecified atom stereocenters. The normalized spacial score (nSPS) is 29.3. The largest absolute Gasteiger partial charge is 0.475 e. The maximum atomic E-state index is 10.00. The molecule has 2 aromatic rings. The highest BCUT2D eigenvalue weighted by Crippen LogP contribution is 2.34. The topological polar surface area (TPSA) is 96.0 Å². The zero-order valence-electron chi connectivity index (χ0n) is 11.0. The maximum absolute atomic E-state index is 10.00. The Morgan fingerprint density at radius 3 is 2.86 bits per heavy atom. The van der Waals surface area contributed by atoms with Crippen LogP contribution in [0.1, 0.15) is 0 Å². The standard InChI is InChI=1S/C14H15NO5S/c16-10-7-21-14(13(18)12(10)17)20-11-5-15-3-1-9(11)8-2-4-19-6-8/h1-6,10,12-14,16-18H,7H2/t10-,12+,13-,14-/m1/s1. The van der Waals surface area contributed by atoms with Gasteiger partial charge < -0.3 is 24.5 Å². The average molecular weight is 309 g/mol. The van der Waals surface area contributed by atoms with Gasteiger partial charge in [-0.3, -0.25) is 4.98 Å². The maximum Gasteiger partial charge on any atom is 0.173 e. The smallest absolute Gasteiger partial charge is 0.173 e. The highest BCUT2D eigenvalue weighted by molar-refractivity contribution is 7.99. The predicted molar refractivity (Wildman–Crippen MR) is 76.8 cm³/mol. The number of hydrogen-bond acceptors (Lipinski definition) is 7. The summed E-state index contributed by atoms with van der Waals surface area (Å²) < 4.78 is 10.8. The molecule has 1 aliphatic rings. The van der Waals surface area contributed by atoms with Gasteiger partial charge in [-0.25, -0.2) is 0 Å². The van der Waals surface area contributed by atoms with Crippen LogP contribution in [0.15, 0.2) is 41.5 Å². The lowest BCUT2D eigenvalue weighted by Crippen LogP contribution is -2.50. The van der Waals surface area contributed by atoms with Crippen molar-refractivity contribution in [3.63, 3.8) is 0 Å². The van der Waals surface area contributed by atoms with Gasteiger partial charge in [0.2, 0.25) is 0 Å². The molecule has 3 heterocycles. The molecule has 3 rings (SSSR count). The molecule has 7 heteroatoms. The number of furan rings is 1. The van der Waals surface area contributed by atoms with Crippen LogP contribution in [0.3, 0.4) is 0 Å². The van der Waals surface area contributed by atoms with Crippen molar-refractivity contribution in [2.24, 2.45) is 0 Å². The Bertz CT molecular complexity index is 591. The van der Waals surface area contributed by atoms with Crippen molar-refractivity contribution in [2.45, 2.75) is 23.7 Å². The minimum atomic E-state index is -1.22. The molecule has 0 saturated carbocycles. The number of hydrogen-bond donors (Lipinski definition) is 3. The summed E-state index contributed by atoms with van der Waals surface area (Å²) in [4.78, 5) is 4.02. The number of aromatic nitrogens is 1. The van der Waals surface area contributed by atoms with Crippen LogP contribution in [0, 0.1) is 0 Å². The Hall–Kier alpha value is -1.54. The van der Waals surface area contributed by atoms with E-state index in [1.165, 1.54) is 11.8 Å². The van der Waals surface area contributed by atoms with Crippen LogP contribution in [0.5, 0.6) is 5.75 Å². The van der Waals surface area contributed by atoms with E-state index in [1.54, 1.807) is 37.1 Å². The van der Waals surface area contributed by atoms with Gasteiger partial charge in [-0.2, -0.15) is 0 Å². The quantitative estimate of drug-likeness (QED) is 0.774. The summed E-state index contributed by atoms with van der Waals surface area (Å²) in [6.45, 7) is 0. The van der Waals surface area contributed by atoms with Gasteiger partial charge in [0.25, 0.3) is 0 Å². The monoisotopic (exact) mass is 309 g/mol. The van der Waals surface area contributed by atoms with Gasteiger partial charge in [0, 0.05) is 23.1 Å². The first-order valence-electron chi connectivity index (χ1n) is 6.46. The van der Waals surface area contributed by atoms with E-state index in [0.717, 1.165) is 11.1 Å². The van der Waals surface area contributed by atoms with Crippen LogP contribution in [-0.2, 0) is 0 Å². The van der Waals surface area contributed by atoms with E-state index in [1.807, 2.05) is 0 Å².